The molecular weight excluding hydrogens is 344 g/mol. The van der Waals surface area contributed by atoms with E-state index in [0.717, 1.165) is 12.8 Å². The van der Waals surface area contributed by atoms with Crippen molar-refractivity contribution < 1.29 is 9.59 Å². The SMILES string of the molecule is O=C(N[C@H]1CC(=O)N(C2CCCCCC2)C1)c1ccccc1-c1nn[nH]n1. The summed E-state index contributed by atoms with van der Waals surface area (Å²) in [6.45, 7) is 0.597. The van der Waals surface area contributed by atoms with Crippen molar-refractivity contribution in [2.45, 2.75) is 57.0 Å². The lowest BCUT2D eigenvalue weighted by Crippen LogP contribution is -2.40. The Morgan fingerprint density at radius 3 is 2.67 bits per heavy atom. The molecule has 8 nitrogen and oxygen atoms in total. The zero-order valence-electron chi connectivity index (χ0n) is 15.2. The van der Waals surface area contributed by atoms with Gasteiger partial charge < -0.3 is 10.2 Å². The molecule has 2 fully saturated rings. The molecular formula is C19H24N6O2. The second-order valence-electron chi connectivity index (χ2n) is 7.35. The molecule has 0 bridgehead atoms. The van der Waals surface area contributed by atoms with Crippen LogP contribution in [0.3, 0.4) is 0 Å². The van der Waals surface area contributed by atoms with Gasteiger partial charge in [0.25, 0.3) is 5.91 Å². The third kappa shape index (κ3) is 3.84. The molecule has 1 aromatic heterocycles. The molecule has 142 valence electrons. The maximum Gasteiger partial charge on any atom is 0.252 e. The van der Waals surface area contributed by atoms with Crippen LogP contribution in [0.1, 0.15) is 55.3 Å². The number of carbonyl (C=O) groups is 2. The van der Waals surface area contributed by atoms with E-state index < -0.39 is 0 Å². The van der Waals surface area contributed by atoms with Crippen molar-refractivity contribution in [3.63, 3.8) is 0 Å². The molecule has 2 heterocycles. The van der Waals surface area contributed by atoms with Crippen LogP contribution in [0.2, 0.25) is 0 Å². The molecule has 1 saturated carbocycles. The average molecular weight is 368 g/mol. The third-order valence-corrected chi connectivity index (χ3v) is 5.52. The van der Waals surface area contributed by atoms with Crippen LogP contribution in [0, 0.1) is 0 Å². The predicted molar refractivity (Wildman–Crippen MR) is 98.7 cm³/mol. The maximum atomic E-state index is 12.8. The van der Waals surface area contributed by atoms with Gasteiger partial charge in [-0.3, -0.25) is 9.59 Å². The highest BCUT2D eigenvalue weighted by molar-refractivity contribution is 6.00. The van der Waals surface area contributed by atoms with Crippen LogP contribution in [0.4, 0.5) is 0 Å². The summed E-state index contributed by atoms with van der Waals surface area (Å²) in [5, 5.41) is 16.9. The van der Waals surface area contributed by atoms with E-state index in [9.17, 15) is 9.59 Å². The van der Waals surface area contributed by atoms with E-state index in [4.69, 9.17) is 0 Å². The van der Waals surface area contributed by atoms with E-state index in [1.165, 1.54) is 25.7 Å². The fraction of sp³-hybridized carbons (Fsp3) is 0.526. The predicted octanol–water partition coefficient (Wildman–Crippen LogP) is 1.92. The normalized spacial score (nSPS) is 21.3. The first-order valence-corrected chi connectivity index (χ1v) is 9.65. The number of aromatic nitrogens is 4. The van der Waals surface area contributed by atoms with Gasteiger partial charge in [-0.1, -0.05) is 43.9 Å². The van der Waals surface area contributed by atoms with Crippen LogP contribution in [-0.4, -0.2) is 56.0 Å². The Hall–Kier alpha value is -2.77. The summed E-state index contributed by atoms with van der Waals surface area (Å²) in [5.74, 6) is 0.317. The van der Waals surface area contributed by atoms with Gasteiger partial charge in [-0.15, -0.1) is 10.2 Å². The van der Waals surface area contributed by atoms with Crippen LogP contribution in [0.15, 0.2) is 24.3 Å². The van der Waals surface area contributed by atoms with E-state index >= 15 is 0 Å². The number of H-pyrrole nitrogens is 1. The lowest BCUT2D eigenvalue weighted by Gasteiger charge is -2.27. The summed E-state index contributed by atoms with van der Waals surface area (Å²) < 4.78 is 0. The molecule has 1 aromatic carbocycles. The highest BCUT2D eigenvalue weighted by atomic mass is 16.2. The Balaban J connectivity index is 1.44. The van der Waals surface area contributed by atoms with Gasteiger partial charge in [0.1, 0.15) is 0 Å². The minimum atomic E-state index is -0.212. The zero-order valence-corrected chi connectivity index (χ0v) is 15.2. The first-order valence-electron chi connectivity index (χ1n) is 9.65. The Morgan fingerprint density at radius 2 is 1.93 bits per heavy atom. The minimum absolute atomic E-state index is 0.152. The number of nitrogens with one attached hydrogen (secondary N) is 2. The molecule has 2 amide bonds. The van der Waals surface area contributed by atoms with E-state index in [0.29, 0.717) is 36.0 Å². The van der Waals surface area contributed by atoms with Crippen LogP contribution in [0.5, 0.6) is 0 Å². The molecule has 1 aliphatic carbocycles. The summed E-state index contributed by atoms with van der Waals surface area (Å²) >= 11 is 0. The number of tetrazole rings is 1. The lowest BCUT2D eigenvalue weighted by atomic mass is 10.1. The highest BCUT2D eigenvalue weighted by Gasteiger charge is 2.35. The van der Waals surface area contributed by atoms with Crippen LogP contribution < -0.4 is 5.32 Å². The van der Waals surface area contributed by atoms with Gasteiger partial charge in [0.2, 0.25) is 11.7 Å². The average Bonchev–Trinajstić information content (AvgIpc) is 3.25. The van der Waals surface area contributed by atoms with Crippen LogP contribution in [0.25, 0.3) is 11.4 Å². The van der Waals surface area contributed by atoms with Crippen molar-refractivity contribution in [1.82, 2.24) is 30.8 Å². The van der Waals surface area contributed by atoms with Gasteiger partial charge in [0.05, 0.1) is 11.6 Å². The number of hydrogen-bond acceptors (Lipinski definition) is 5. The monoisotopic (exact) mass is 368 g/mol. The van der Waals surface area contributed by atoms with Crippen LogP contribution in [-0.2, 0) is 4.79 Å². The summed E-state index contributed by atoms with van der Waals surface area (Å²) in [6, 6.07) is 7.32. The second kappa shape index (κ2) is 7.85. The Kier molecular flexibility index (Phi) is 5.13. The van der Waals surface area contributed by atoms with E-state index in [1.807, 2.05) is 11.0 Å². The molecule has 1 saturated heterocycles. The summed E-state index contributed by atoms with van der Waals surface area (Å²) in [5.41, 5.74) is 1.10. The summed E-state index contributed by atoms with van der Waals surface area (Å²) in [7, 11) is 0. The molecule has 27 heavy (non-hydrogen) atoms. The Morgan fingerprint density at radius 1 is 1.15 bits per heavy atom. The largest absolute Gasteiger partial charge is 0.347 e. The minimum Gasteiger partial charge on any atom is -0.347 e. The standard InChI is InChI=1S/C19H24N6O2/c26-17-11-13(12-25(17)14-7-3-1-2-4-8-14)20-19(27)16-10-6-5-9-15(16)18-21-23-24-22-18/h5-6,9-10,13-14H,1-4,7-8,11-12H2,(H,20,27)(H,21,22,23,24)/t13-/m0/s1. The van der Waals surface area contributed by atoms with Gasteiger partial charge in [-0.2, -0.15) is 5.21 Å². The molecule has 2 aliphatic rings. The van der Waals surface area contributed by atoms with Crippen molar-refractivity contribution in [3.8, 4) is 11.4 Å². The van der Waals surface area contributed by atoms with Gasteiger partial charge in [0.15, 0.2) is 0 Å². The first kappa shape index (κ1) is 17.6. The smallest absolute Gasteiger partial charge is 0.252 e. The second-order valence-corrected chi connectivity index (χ2v) is 7.35. The third-order valence-electron chi connectivity index (χ3n) is 5.52. The Labute approximate surface area is 157 Å². The van der Waals surface area contributed by atoms with E-state index in [1.54, 1.807) is 18.2 Å². The molecule has 2 aromatic rings. The number of amides is 2. The molecule has 0 unspecified atom stereocenters. The zero-order chi connectivity index (χ0) is 18.6. The number of hydrogen-bond donors (Lipinski definition) is 2. The lowest BCUT2D eigenvalue weighted by molar-refractivity contribution is -0.129. The fourth-order valence-corrected chi connectivity index (χ4v) is 4.17. The molecule has 1 aliphatic heterocycles. The van der Waals surface area contributed by atoms with Crippen molar-refractivity contribution in [2.75, 3.05) is 6.54 Å². The molecule has 2 N–H and O–H groups in total. The molecule has 4 rings (SSSR count). The topological polar surface area (TPSA) is 104 Å². The number of rotatable bonds is 4. The molecule has 1 atom stereocenters. The molecule has 8 heteroatoms. The number of nitrogens with zero attached hydrogens (tertiary/aromatic N) is 4. The Bertz CT molecular complexity index is 798. The number of carbonyl (C=O) groups excluding carboxylic acids is 2. The van der Waals surface area contributed by atoms with Gasteiger partial charge in [-0.25, -0.2) is 0 Å². The summed E-state index contributed by atoms with van der Waals surface area (Å²) in [4.78, 5) is 27.3. The number of likely N-dealkylation sites (tertiary alicyclic amines) is 1. The van der Waals surface area contributed by atoms with E-state index in [2.05, 4.69) is 25.9 Å². The highest BCUT2D eigenvalue weighted by Crippen LogP contribution is 2.26. The maximum absolute atomic E-state index is 12.8. The van der Waals surface area contributed by atoms with Crippen molar-refractivity contribution in [1.29, 1.82) is 0 Å². The molecule has 0 spiro atoms. The van der Waals surface area contributed by atoms with Crippen molar-refractivity contribution in [3.05, 3.63) is 29.8 Å². The quantitative estimate of drug-likeness (QED) is 0.803. The van der Waals surface area contributed by atoms with Crippen molar-refractivity contribution in [2.24, 2.45) is 0 Å². The first-order chi connectivity index (χ1) is 13.2. The van der Waals surface area contributed by atoms with Gasteiger partial charge in [-0.05, 0) is 24.1 Å². The van der Waals surface area contributed by atoms with E-state index in [-0.39, 0.29) is 17.9 Å². The molecule has 0 radical (unpaired) electrons. The number of aromatic amines is 1. The van der Waals surface area contributed by atoms with Crippen molar-refractivity contribution >= 4 is 11.8 Å². The fourth-order valence-electron chi connectivity index (χ4n) is 4.17. The van der Waals surface area contributed by atoms with Crippen LogP contribution >= 0.6 is 0 Å². The van der Waals surface area contributed by atoms with Gasteiger partial charge in [0, 0.05) is 24.6 Å². The number of benzene rings is 1. The van der Waals surface area contributed by atoms with Gasteiger partial charge >= 0.3 is 0 Å². The summed E-state index contributed by atoms with van der Waals surface area (Å²) in [6.07, 6.45) is 7.40.